The Kier molecular flexibility index (Phi) is 12.4. The molecule has 0 fully saturated rings. The van der Waals surface area contributed by atoms with E-state index >= 15 is 0 Å². The lowest BCUT2D eigenvalue weighted by Gasteiger charge is -2.18. The smallest absolute Gasteiger partial charge is 0.326 e. The van der Waals surface area contributed by atoms with E-state index in [4.69, 9.17) is 0 Å². The van der Waals surface area contributed by atoms with Crippen LogP contribution in [-0.4, -0.2) is 36.0 Å². The second kappa shape index (κ2) is 16.2. The fourth-order valence-electron chi connectivity index (χ4n) is 4.70. The van der Waals surface area contributed by atoms with Crippen molar-refractivity contribution in [3.8, 4) is 11.1 Å². The third-order valence-corrected chi connectivity index (χ3v) is 7.20. The molecule has 40 heavy (non-hydrogen) atoms. The van der Waals surface area contributed by atoms with E-state index < -0.39 is 12.0 Å². The largest absolute Gasteiger partial charge is 0.480 e. The number of nitrogens with one attached hydrogen (secondary N) is 1. The lowest BCUT2D eigenvalue weighted by atomic mass is 10.00. The summed E-state index contributed by atoms with van der Waals surface area (Å²) < 4.78 is 0. The Morgan fingerprint density at radius 3 is 2.17 bits per heavy atom. The molecule has 3 aromatic rings. The molecule has 0 aliphatic heterocycles. The number of carbonyl (C=O) groups excluding carboxylic acids is 2. The van der Waals surface area contributed by atoms with Crippen molar-refractivity contribution >= 4 is 23.5 Å². The van der Waals surface area contributed by atoms with Crippen LogP contribution in [0.5, 0.6) is 0 Å². The molecule has 0 bridgehead atoms. The van der Waals surface area contributed by atoms with E-state index in [1.165, 1.54) is 25.7 Å². The number of benzene rings is 3. The summed E-state index contributed by atoms with van der Waals surface area (Å²) in [4.78, 5) is 38.7. The number of amides is 2. The molecular formula is C34H42N2O4. The van der Waals surface area contributed by atoms with Crippen molar-refractivity contribution in [2.24, 2.45) is 0 Å². The normalized spacial score (nSPS) is 11.6. The van der Waals surface area contributed by atoms with E-state index in [2.05, 4.69) is 12.2 Å². The maximum absolute atomic E-state index is 12.7. The molecule has 0 aliphatic rings. The number of carboxylic acids is 1. The van der Waals surface area contributed by atoms with E-state index in [0.717, 1.165) is 40.8 Å². The van der Waals surface area contributed by atoms with E-state index in [1.807, 2.05) is 85.9 Å². The number of unbranched alkanes of at least 4 members (excludes halogenated alkanes) is 5. The van der Waals surface area contributed by atoms with Gasteiger partial charge < -0.3 is 15.3 Å². The van der Waals surface area contributed by atoms with Crippen LogP contribution in [0.1, 0.15) is 69.4 Å². The first-order chi connectivity index (χ1) is 19.4. The summed E-state index contributed by atoms with van der Waals surface area (Å²) in [5.74, 6) is -1.22. The third kappa shape index (κ3) is 9.99. The maximum Gasteiger partial charge on any atom is 0.326 e. The fraction of sp³-hybridized carbons (Fsp3) is 0.382. The summed E-state index contributed by atoms with van der Waals surface area (Å²) in [6.45, 7) is 2.20. The zero-order chi connectivity index (χ0) is 28.7. The van der Waals surface area contributed by atoms with Gasteiger partial charge in [0.1, 0.15) is 6.04 Å². The highest BCUT2D eigenvalue weighted by Crippen LogP contribution is 2.25. The molecule has 3 rings (SSSR count). The Bertz CT molecular complexity index is 1220. The van der Waals surface area contributed by atoms with Crippen molar-refractivity contribution in [3.63, 3.8) is 0 Å². The number of hydrogen-bond acceptors (Lipinski definition) is 3. The van der Waals surface area contributed by atoms with E-state index in [1.54, 1.807) is 4.90 Å². The Balaban J connectivity index is 1.55. The Morgan fingerprint density at radius 1 is 0.775 bits per heavy atom. The van der Waals surface area contributed by atoms with Crippen LogP contribution in [0.15, 0.2) is 78.9 Å². The van der Waals surface area contributed by atoms with Crippen molar-refractivity contribution in [2.75, 3.05) is 11.9 Å². The molecule has 6 nitrogen and oxygen atoms in total. The number of nitrogens with zero attached hydrogens (tertiary/aromatic N) is 1. The van der Waals surface area contributed by atoms with Gasteiger partial charge in [-0.2, -0.15) is 0 Å². The Hall–Kier alpha value is -3.93. The molecule has 0 unspecified atom stereocenters. The molecule has 1 atom stereocenters. The number of carbonyl (C=O) groups is 3. The van der Waals surface area contributed by atoms with Gasteiger partial charge in [0.15, 0.2) is 0 Å². The number of hydrogen-bond donors (Lipinski definition) is 2. The standard InChI is InChI=1S/C34H42N2O4/c1-3-4-5-6-7-11-17-33(38)36(2)30-16-12-15-29(25-30)28-21-18-27(19-22-28)24-31(34(39)40)35-32(37)23-20-26-13-9-8-10-14-26/h8-10,12-16,18-19,21-22,25,31H,3-7,11,17,20,23-24H2,1-2H3,(H,35,37)(H,39,40)/t31-/m0/s1. The van der Waals surface area contributed by atoms with Crippen LogP contribution in [0.25, 0.3) is 11.1 Å². The van der Waals surface area contributed by atoms with Crippen LogP contribution >= 0.6 is 0 Å². The number of aryl methyl sites for hydroxylation is 1. The zero-order valence-electron chi connectivity index (χ0n) is 23.8. The number of carboxylic acid groups (broad SMARTS) is 1. The van der Waals surface area contributed by atoms with Gasteiger partial charge >= 0.3 is 5.97 Å². The molecular weight excluding hydrogens is 500 g/mol. The second-order valence-electron chi connectivity index (χ2n) is 10.4. The average Bonchev–Trinajstić information content (AvgIpc) is 2.98. The van der Waals surface area contributed by atoms with Crippen molar-refractivity contribution < 1.29 is 19.5 Å². The van der Waals surface area contributed by atoms with Gasteiger partial charge in [0.2, 0.25) is 11.8 Å². The summed E-state index contributed by atoms with van der Waals surface area (Å²) in [6, 6.07) is 24.2. The van der Waals surface area contributed by atoms with E-state index in [0.29, 0.717) is 12.8 Å². The molecule has 3 aromatic carbocycles. The maximum atomic E-state index is 12.7. The Morgan fingerprint density at radius 2 is 1.48 bits per heavy atom. The summed E-state index contributed by atoms with van der Waals surface area (Å²) in [5, 5.41) is 12.3. The zero-order valence-corrected chi connectivity index (χ0v) is 23.8. The molecule has 0 heterocycles. The molecule has 0 radical (unpaired) electrons. The average molecular weight is 543 g/mol. The first-order valence-corrected chi connectivity index (χ1v) is 14.4. The van der Waals surface area contributed by atoms with Crippen LogP contribution in [0, 0.1) is 0 Å². The van der Waals surface area contributed by atoms with Crippen molar-refractivity contribution in [3.05, 3.63) is 90.0 Å². The minimum absolute atomic E-state index is 0.119. The van der Waals surface area contributed by atoms with Gasteiger partial charge in [0.05, 0.1) is 0 Å². The summed E-state index contributed by atoms with van der Waals surface area (Å²) in [5.41, 5.74) is 4.66. The highest BCUT2D eigenvalue weighted by atomic mass is 16.4. The fourth-order valence-corrected chi connectivity index (χ4v) is 4.70. The quantitative estimate of drug-likeness (QED) is 0.195. The molecule has 0 saturated heterocycles. The minimum atomic E-state index is -1.06. The van der Waals surface area contributed by atoms with Crippen molar-refractivity contribution in [1.82, 2.24) is 5.32 Å². The lowest BCUT2D eigenvalue weighted by Crippen LogP contribution is -2.42. The van der Waals surface area contributed by atoms with Crippen LogP contribution in [-0.2, 0) is 27.2 Å². The predicted molar refractivity (Wildman–Crippen MR) is 161 cm³/mol. The minimum Gasteiger partial charge on any atom is -0.480 e. The molecule has 212 valence electrons. The molecule has 0 spiro atoms. The molecule has 2 amide bonds. The van der Waals surface area contributed by atoms with Gasteiger partial charge in [0, 0.05) is 32.0 Å². The van der Waals surface area contributed by atoms with Crippen molar-refractivity contribution in [2.45, 2.75) is 77.2 Å². The van der Waals surface area contributed by atoms with Crippen LogP contribution in [0.3, 0.4) is 0 Å². The first-order valence-electron chi connectivity index (χ1n) is 14.4. The van der Waals surface area contributed by atoms with Gasteiger partial charge in [0.25, 0.3) is 0 Å². The summed E-state index contributed by atoms with van der Waals surface area (Å²) in [7, 11) is 1.82. The monoisotopic (exact) mass is 542 g/mol. The van der Waals surface area contributed by atoms with E-state index in [-0.39, 0.29) is 24.7 Å². The molecule has 0 aliphatic carbocycles. The van der Waals surface area contributed by atoms with Crippen LogP contribution < -0.4 is 10.2 Å². The second-order valence-corrected chi connectivity index (χ2v) is 10.4. The molecule has 0 saturated carbocycles. The lowest BCUT2D eigenvalue weighted by molar-refractivity contribution is -0.141. The topological polar surface area (TPSA) is 86.7 Å². The predicted octanol–water partition coefficient (Wildman–Crippen LogP) is 6.81. The molecule has 0 aromatic heterocycles. The molecule has 6 heteroatoms. The SMILES string of the molecule is CCCCCCCCC(=O)N(C)c1cccc(-c2ccc(C[C@H](NC(=O)CCc3ccccc3)C(=O)O)cc2)c1. The van der Waals surface area contributed by atoms with Gasteiger partial charge in [-0.1, -0.05) is 106 Å². The van der Waals surface area contributed by atoms with Crippen LogP contribution in [0.2, 0.25) is 0 Å². The van der Waals surface area contributed by atoms with Crippen LogP contribution in [0.4, 0.5) is 5.69 Å². The van der Waals surface area contributed by atoms with Gasteiger partial charge in [-0.3, -0.25) is 9.59 Å². The first kappa shape index (κ1) is 30.6. The third-order valence-electron chi connectivity index (χ3n) is 7.20. The number of anilines is 1. The summed E-state index contributed by atoms with van der Waals surface area (Å²) in [6.07, 6.45) is 8.45. The van der Waals surface area contributed by atoms with E-state index in [9.17, 15) is 19.5 Å². The summed E-state index contributed by atoms with van der Waals surface area (Å²) >= 11 is 0. The number of aliphatic carboxylic acids is 1. The number of rotatable bonds is 16. The van der Waals surface area contributed by atoms with Gasteiger partial charge in [-0.05, 0) is 47.2 Å². The van der Waals surface area contributed by atoms with Gasteiger partial charge in [-0.25, -0.2) is 4.79 Å². The Labute approximate surface area is 238 Å². The molecule has 2 N–H and O–H groups in total. The highest BCUT2D eigenvalue weighted by Gasteiger charge is 2.20. The van der Waals surface area contributed by atoms with Crippen molar-refractivity contribution in [1.29, 1.82) is 0 Å². The van der Waals surface area contributed by atoms with Gasteiger partial charge in [-0.15, -0.1) is 0 Å². The highest BCUT2D eigenvalue weighted by molar-refractivity contribution is 5.93.